The molecule has 206 valence electrons. The molecule has 8 nitrogen and oxygen atoms in total. The van der Waals surface area contributed by atoms with E-state index >= 15 is 0 Å². The molecule has 3 atom stereocenters. The minimum Gasteiger partial charge on any atom is -0.339 e. The van der Waals surface area contributed by atoms with Crippen molar-refractivity contribution in [3.05, 3.63) is 107 Å². The van der Waals surface area contributed by atoms with Crippen LogP contribution in [0, 0.1) is 0 Å². The molecule has 2 heterocycles. The molecular weight excluding hydrogens is 524 g/mol. The second kappa shape index (κ2) is 12.5. The molecule has 3 N–H and O–H groups in total. The number of amides is 3. The predicted molar refractivity (Wildman–Crippen MR) is 155 cm³/mol. The molecule has 2 saturated heterocycles. The van der Waals surface area contributed by atoms with E-state index < -0.39 is 12.1 Å². The van der Waals surface area contributed by atoms with E-state index in [1.165, 1.54) is 0 Å². The molecule has 40 heavy (non-hydrogen) atoms. The molecule has 0 aliphatic carbocycles. The third-order valence-electron chi connectivity index (χ3n) is 7.41. The van der Waals surface area contributed by atoms with E-state index in [0.29, 0.717) is 42.1 Å². The van der Waals surface area contributed by atoms with E-state index in [4.69, 9.17) is 5.73 Å². The lowest BCUT2D eigenvalue weighted by molar-refractivity contribution is -0.137. The van der Waals surface area contributed by atoms with Crippen LogP contribution in [0.3, 0.4) is 0 Å². The van der Waals surface area contributed by atoms with Crippen molar-refractivity contribution < 1.29 is 19.2 Å². The molecule has 0 saturated carbocycles. The fourth-order valence-corrected chi connectivity index (χ4v) is 6.42. The number of nitrogens with one attached hydrogen (secondary N) is 1. The molecule has 2 aliphatic rings. The van der Waals surface area contributed by atoms with Gasteiger partial charge in [-0.3, -0.25) is 19.2 Å². The van der Waals surface area contributed by atoms with Gasteiger partial charge in [0.2, 0.25) is 5.91 Å². The largest absolute Gasteiger partial charge is 0.339 e. The van der Waals surface area contributed by atoms with E-state index in [2.05, 4.69) is 5.32 Å². The Kier molecular flexibility index (Phi) is 8.62. The third-order valence-corrected chi connectivity index (χ3v) is 8.52. The van der Waals surface area contributed by atoms with Crippen molar-refractivity contribution in [1.82, 2.24) is 15.1 Å². The summed E-state index contributed by atoms with van der Waals surface area (Å²) in [5.74, 6) is -0.0307. The quantitative estimate of drug-likeness (QED) is 0.419. The maximum atomic E-state index is 13.9. The van der Waals surface area contributed by atoms with E-state index in [1.54, 1.807) is 64.0 Å². The zero-order valence-electron chi connectivity index (χ0n) is 22.1. The molecule has 0 radical (unpaired) electrons. The van der Waals surface area contributed by atoms with Gasteiger partial charge in [-0.25, -0.2) is 0 Å². The number of ketones is 1. The predicted octanol–water partition coefficient (Wildman–Crippen LogP) is 2.87. The maximum Gasteiger partial charge on any atom is 0.254 e. The van der Waals surface area contributed by atoms with Gasteiger partial charge in [0.1, 0.15) is 12.1 Å². The highest BCUT2D eigenvalue weighted by atomic mass is 32.2. The van der Waals surface area contributed by atoms with Crippen LogP contribution in [0.5, 0.6) is 0 Å². The molecule has 3 aromatic rings. The van der Waals surface area contributed by atoms with Crippen LogP contribution in [-0.4, -0.2) is 70.3 Å². The van der Waals surface area contributed by atoms with E-state index in [0.717, 1.165) is 11.1 Å². The summed E-state index contributed by atoms with van der Waals surface area (Å²) >= 11 is 1.54. The number of nitrogens with zero attached hydrogens (tertiary/aromatic N) is 2. The lowest BCUT2D eigenvalue weighted by Gasteiger charge is -2.28. The lowest BCUT2D eigenvalue weighted by Crippen LogP contribution is -2.53. The number of benzene rings is 3. The number of Topliss-reactive ketones (excluding diaryl/α,β-unsaturated/α-hetero) is 1. The number of hydrogen-bond donors (Lipinski definition) is 2. The molecule has 0 spiro atoms. The minimum absolute atomic E-state index is 0.0293. The van der Waals surface area contributed by atoms with Crippen molar-refractivity contribution in [3.63, 3.8) is 0 Å². The van der Waals surface area contributed by atoms with E-state index in [-0.39, 0.29) is 36.1 Å². The first kappa shape index (κ1) is 27.6. The summed E-state index contributed by atoms with van der Waals surface area (Å²) in [7, 11) is 0. The number of rotatable bonds is 9. The van der Waals surface area contributed by atoms with Crippen LogP contribution in [0.25, 0.3) is 0 Å². The fourth-order valence-electron chi connectivity index (χ4n) is 5.41. The fraction of sp³-hybridized carbons (Fsp3) is 0.290. The molecule has 0 bridgehead atoms. The molecule has 3 aromatic carbocycles. The normalized spacial score (nSPS) is 18.9. The highest BCUT2D eigenvalue weighted by molar-refractivity contribution is 7.98. The third kappa shape index (κ3) is 5.95. The van der Waals surface area contributed by atoms with Gasteiger partial charge in [0, 0.05) is 35.7 Å². The summed E-state index contributed by atoms with van der Waals surface area (Å²) in [6.07, 6.45) is 0.511. The Hall–Kier alpha value is -3.95. The van der Waals surface area contributed by atoms with Gasteiger partial charge in [0.05, 0.1) is 12.6 Å². The van der Waals surface area contributed by atoms with Gasteiger partial charge in [0.15, 0.2) is 5.78 Å². The molecule has 9 heteroatoms. The molecular formula is C31H32N4O4S. The van der Waals surface area contributed by atoms with Gasteiger partial charge in [-0.1, -0.05) is 60.7 Å². The first-order chi connectivity index (χ1) is 19.5. The summed E-state index contributed by atoms with van der Waals surface area (Å²) in [5.41, 5.74) is 8.62. The zero-order valence-corrected chi connectivity index (χ0v) is 22.9. The number of thioether (sulfide) groups is 1. The molecule has 2 unspecified atom stereocenters. The van der Waals surface area contributed by atoms with E-state index in [1.807, 2.05) is 42.5 Å². The van der Waals surface area contributed by atoms with Gasteiger partial charge in [-0.05, 0) is 41.8 Å². The van der Waals surface area contributed by atoms with Gasteiger partial charge >= 0.3 is 0 Å². The van der Waals surface area contributed by atoms with Gasteiger partial charge in [0.25, 0.3) is 11.8 Å². The van der Waals surface area contributed by atoms with Crippen LogP contribution in [0.4, 0.5) is 0 Å². The van der Waals surface area contributed by atoms with Gasteiger partial charge in [-0.2, -0.15) is 11.8 Å². The molecule has 3 amide bonds. The van der Waals surface area contributed by atoms with Crippen LogP contribution in [-0.2, 0) is 21.9 Å². The van der Waals surface area contributed by atoms with Crippen LogP contribution in [0.2, 0.25) is 0 Å². The summed E-state index contributed by atoms with van der Waals surface area (Å²) in [6.45, 7) is 0.614. The number of carbonyl (C=O) groups is 4. The average Bonchev–Trinajstić information content (AvgIpc) is 3.58. The van der Waals surface area contributed by atoms with Gasteiger partial charge in [-0.15, -0.1) is 0 Å². The Morgan fingerprint density at radius 3 is 2.30 bits per heavy atom. The SMILES string of the molecule is NCc1cccc(C(=O)N[C@@H](CSCc2ccccc2)C(=O)N2CCC3C2C(=O)CN3C(=O)c2ccccc2)c1. The first-order valence-corrected chi connectivity index (χ1v) is 14.5. The first-order valence-electron chi connectivity index (χ1n) is 13.4. The molecule has 2 aliphatic heterocycles. The second-order valence-electron chi connectivity index (χ2n) is 10.0. The second-order valence-corrected chi connectivity index (χ2v) is 11.1. The lowest BCUT2D eigenvalue weighted by atomic mass is 10.1. The highest BCUT2D eigenvalue weighted by Gasteiger charge is 2.52. The van der Waals surface area contributed by atoms with E-state index in [9.17, 15) is 19.2 Å². The van der Waals surface area contributed by atoms with Crippen molar-refractivity contribution in [1.29, 1.82) is 0 Å². The summed E-state index contributed by atoms with van der Waals surface area (Å²) in [6, 6.07) is 23.9. The maximum absolute atomic E-state index is 13.9. The Bertz CT molecular complexity index is 1380. The number of nitrogens with two attached hydrogens (primary N) is 1. The van der Waals surface area contributed by atoms with Crippen LogP contribution in [0.15, 0.2) is 84.9 Å². The summed E-state index contributed by atoms with van der Waals surface area (Å²) in [5, 5.41) is 2.92. The zero-order chi connectivity index (χ0) is 28.1. The van der Waals surface area contributed by atoms with Gasteiger partial charge < -0.3 is 20.9 Å². The Morgan fingerprint density at radius 1 is 0.900 bits per heavy atom. The monoisotopic (exact) mass is 556 g/mol. The Labute approximate surface area is 237 Å². The molecule has 0 aromatic heterocycles. The molecule has 2 fully saturated rings. The number of carbonyl (C=O) groups excluding carboxylic acids is 4. The summed E-state index contributed by atoms with van der Waals surface area (Å²) in [4.78, 5) is 56.6. The van der Waals surface area contributed by atoms with Crippen LogP contribution in [0.1, 0.15) is 38.3 Å². The number of fused-ring (bicyclic) bond motifs is 1. The summed E-state index contributed by atoms with van der Waals surface area (Å²) < 4.78 is 0. The van der Waals surface area contributed by atoms with Crippen molar-refractivity contribution >= 4 is 35.3 Å². The topological polar surface area (TPSA) is 113 Å². The number of hydrogen-bond acceptors (Lipinski definition) is 6. The van der Waals surface area contributed by atoms with Crippen molar-refractivity contribution in [2.75, 3.05) is 18.8 Å². The standard InChI is InChI=1S/C31H32N4O4S/c32-17-22-10-7-13-24(16-22)29(37)33-25(20-40-19-21-8-3-1-4-9-21)31(39)34-15-14-26-28(34)27(36)18-35(26)30(38)23-11-5-2-6-12-23/h1-13,16,25-26,28H,14-15,17-20,32H2,(H,33,37)/t25-,26?,28?/m0/s1. The number of likely N-dealkylation sites (tertiary alicyclic amines) is 2. The molecule has 5 rings (SSSR count). The average molecular weight is 557 g/mol. The minimum atomic E-state index is -0.840. The van der Waals surface area contributed by atoms with Crippen LogP contribution < -0.4 is 11.1 Å². The van der Waals surface area contributed by atoms with Crippen molar-refractivity contribution in [3.8, 4) is 0 Å². The smallest absolute Gasteiger partial charge is 0.254 e. The van der Waals surface area contributed by atoms with Crippen molar-refractivity contribution in [2.24, 2.45) is 5.73 Å². The Morgan fingerprint density at radius 2 is 1.57 bits per heavy atom. The highest BCUT2D eigenvalue weighted by Crippen LogP contribution is 2.31. The Balaban J connectivity index is 1.33. The van der Waals surface area contributed by atoms with Crippen LogP contribution >= 0.6 is 11.8 Å². The van der Waals surface area contributed by atoms with Crippen molar-refractivity contribution in [2.45, 2.75) is 36.8 Å².